The minimum Gasteiger partial charge on any atom is -0.490 e. The van der Waals surface area contributed by atoms with E-state index < -0.39 is 0 Å². The number of morpholine rings is 1. The third-order valence-electron chi connectivity index (χ3n) is 6.76. The summed E-state index contributed by atoms with van der Waals surface area (Å²) in [7, 11) is 2.14. The van der Waals surface area contributed by atoms with E-state index in [1.54, 1.807) is 18.6 Å². The van der Waals surface area contributed by atoms with Gasteiger partial charge in [-0.1, -0.05) is 0 Å². The molecule has 0 atom stereocenters. The number of ether oxygens (including phenoxy) is 2. The van der Waals surface area contributed by atoms with Gasteiger partial charge in [-0.2, -0.15) is 0 Å². The second-order valence-corrected chi connectivity index (χ2v) is 9.34. The van der Waals surface area contributed by atoms with Crippen molar-refractivity contribution in [1.29, 1.82) is 0 Å². The summed E-state index contributed by atoms with van der Waals surface area (Å²) in [5.41, 5.74) is 9.53. The number of anilines is 2. The molecule has 1 aromatic carbocycles. The topological polar surface area (TPSA) is 107 Å². The Hall–Kier alpha value is -3.56. The van der Waals surface area contributed by atoms with Crippen molar-refractivity contribution in [3.63, 3.8) is 0 Å². The number of benzene rings is 1. The molecule has 0 bridgehead atoms. The van der Waals surface area contributed by atoms with Crippen molar-refractivity contribution in [3.05, 3.63) is 60.2 Å². The maximum atomic E-state index is 13.3. The molecular formula is C27H32N6O3. The van der Waals surface area contributed by atoms with Crippen molar-refractivity contribution in [3.8, 4) is 17.0 Å². The first-order chi connectivity index (χ1) is 17.6. The number of hydrogen-bond donors (Lipinski definition) is 1. The standard InChI is InChI=1S/C27H32N6O3/c1-32-10-7-22(8-11-32)36-21-4-2-19(3-5-21)23-18-30-27(28)26(31-23)25(34)16-20-17-29-9-6-24(20)33-12-14-35-15-13-33/h2-6,9,17-18,22H,7-8,10-16H2,1H3,(H2,28,30). The number of nitrogens with zero attached hydrogens (tertiary/aromatic N) is 5. The van der Waals surface area contributed by atoms with Gasteiger partial charge in [0.15, 0.2) is 11.6 Å². The van der Waals surface area contributed by atoms with Crippen LogP contribution in [0, 0.1) is 0 Å². The zero-order valence-electron chi connectivity index (χ0n) is 20.6. The highest BCUT2D eigenvalue weighted by molar-refractivity contribution is 6.00. The van der Waals surface area contributed by atoms with Crippen molar-refractivity contribution >= 4 is 17.3 Å². The van der Waals surface area contributed by atoms with Crippen molar-refractivity contribution in [2.24, 2.45) is 0 Å². The van der Waals surface area contributed by atoms with Gasteiger partial charge in [0.25, 0.3) is 0 Å². The van der Waals surface area contributed by atoms with Gasteiger partial charge < -0.3 is 25.0 Å². The predicted molar refractivity (Wildman–Crippen MR) is 138 cm³/mol. The van der Waals surface area contributed by atoms with Crippen molar-refractivity contribution in [2.45, 2.75) is 25.4 Å². The normalized spacial score (nSPS) is 17.2. The van der Waals surface area contributed by atoms with E-state index in [1.165, 1.54) is 0 Å². The van der Waals surface area contributed by atoms with Crippen LogP contribution in [0.2, 0.25) is 0 Å². The lowest BCUT2D eigenvalue weighted by molar-refractivity contribution is 0.0988. The molecule has 36 heavy (non-hydrogen) atoms. The van der Waals surface area contributed by atoms with Crippen molar-refractivity contribution < 1.29 is 14.3 Å². The van der Waals surface area contributed by atoms with Crippen LogP contribution in [0.15, 0.2) is 48.9 Å². The van der Waals surface area contributed by atoms with Gasteiger partial charge in [0, 0.05) is 61.8 Å². The van der Waals surface area contributed by atoms with E-state index in [1.807, 2.05) is 30.3 Å². The fourth-order valence-electron chi connectivity index (χ4n) is 4.67. The SMILES string of the molecule is CN1CCC(Oc2ccc(-c3cnc(N)c(C(=O)Cc4cnccc4N4CCOCC4)n3)cc2)CC1. The Morgan fingerprint density at radius 3 is 2.58 bits per heavy atom. The average Bonchev–Trinajstić information content (AvgIpc) is 2.91. The number of pyridine rings is 1. The van der Waals surface area contributed by atoms with Gasteiger partial charge in [-0.25, -0.2) is 9.97 Å². The molecule has 0 saturated carbocycles. The lowest BCUT2D eigenvalue weighted by atomic mass is 10.1. The summed E-state index contributed by atoms with van der Waals surface area (Å²) in [6.45, 7) is 4.98. The molecule has 9 heteroatoms. The van der Waals surface area contributed by atoms with Gasteiger partial charge in [-0.3, -0.25) is 9.78 Å². The fourth-order valence-corrected chi connectivity index (χ4v) is 4.67. The number of nitrogen functional groups attached to an aromatic ring is 1. The maximum Gasteiger partial charge on any atom is 0.189 e. The number of carbonyl (C=O) groups excluding carboxylic acids is 1. The monoisotopic (exact) mass is 488 g/mol. The summed E-state index contributed by atoms with van der Waals surface area (Å²) in [6.07, 6.45) is 7.51. The fraction of sp³-hybridized carbons (Fsp3) is 0.407. The summed E-state index contributed by atoms with van der Waals surface area (Å²) >= 11 is 0. The molecule has 2 aliphatic heterocycles. The van der Waals surface area contributed by atoms with Crippen LogP contribution in [-0.2, 0) is 11.2 Å². The number of likely N-dealkylation sites (tertiary alicyclic amines) is 1. The zero-order valence-corrected chi connectivity index (χ0v) is 20.6. The zero-order chi connectivity index (χ0) is 24.9. The van der Waals surface area contributed by atoms with Gasteiger partial charge in [0.1, 0.15) is 17.5 Å². The number of piperidine rings is 1. The number of ketones is 1. The van der Waals surface area contributed by atoms with E-state index in [-0.39, 0.29) is 29.8 Å². The Morgan fingerprint density at radius 2 is 1.83 bits per heavy atom. The summed E-state index contributed by atoms with van der Waals surface area (Å²) in [6, 6.07) is 9.70. The van der Waals surface area contributed by atoms with Gasteiger partial charge in [0.05, 0.1) is 25.1 Å². The first-order valence-corrected chi connectivity index (χ1v) is 12.4. The maximum absolute atomic E-state index is 13.3. The molecule has 3 aromatic rings. The molecule has 0 spiro atoms. The summed E-state index contributed by atoms with van der Waals surface area (Å²) in [4.78, 5) is 30.9. The summed E-state index contributed by atoms with van der Waals surface area (Å²) < 4.78 is 11.6. The summed E-state index contributed by atoms with van der Waals surface area (Å²) in [5, 5.41) is 0. The Balaban J connectivity index is 1.30. The van der Waals surface area contributed by atoms with E-state index in [2.05, 4.69) is 31.8 Å². The molecule has 2 fully saturated rings. The summed E-state index contributed by atoms with van der Waals surface area (Å²) in [5.74, 6) is 0.773. The molecule has 2 saturated heterocycles. The first-order valence-electron chi connectivity index (χ1n) is 12.4. The molecule has 0 radical (unpaired) electrons. The second-order valence-electron chi connectivity index (χ2n) is 9.34. The number of hydrogen-bond acceptors (Lipinski definition) is 9. The molecule has 2 N–H and O–H groups in total. The molecule has 0 amide bonds. The molecule has 9 nitrogen and oxygen atoms in total. The van der Waals surface area contributed by atoms with Crippen LogP contribution in [0.5, 0.6) is 5.75 Å². The van der Waals surface area contributed by atoms with E-state index in [0.29, 0.717) is 18.9 Å². The van der Waals surface area contributed by atoms with Crippen molar-refractivity contribution in [2.75, 3.05) is 57.1 Å². The van der Waals surface area contributed by atoms with Gasteiger partial charge in [0.2, 0.25) is 0 Å². The average molecular weight is 489 g/mol. The van der Waals surface area contributed by atoms with E-state index in [0.717, 1.165) is 61.6 Å². The second kappa shape index (κ2) is 11.0. The highest BCUT2D eigenvalue weighted by atomic mass is 16.5. The molecule has 5 rings (SSSR count). The lowest BCUT2D eigenvalue weighted by Crippen LogP contribution is -2.37. The Bertz CT molecular complexity index is 1190. The highest BCUT2D eigenvalue weighted by Crippen LogP contribution is 2.26. The van der Waals surface area contributed by atoms with Gasteiger partial charge in [-0.05, 0) is 50.2 Å². The van der Waals surface area contributed by atoms with E-state index in [4.69, 9.17) is 15.2 Å². The van der Waals surface area contributed by atoms with Crippen LogP contribution in [-0.4, -0.2) is 78.2 Å². The Labute approximate surface area is 211 Å². The number of nitrogens with two attached hydrogens (primary N) is 1. The lowest BCUT2D eigenvalue weighted by Gasteiger charge is -2.30. The van der Waals surface area contributed by atoms with Crippen LogP contribution < -0.4 is 15.4 Å². The number of Topliss-reactive ketones (excluding diaryl/α,β-unsaturated/α-hetero) is 1. The van der Waals surface area contributed by atoms with Crippen LogP contribution in [0.1, 0.15) is 28.9 Å². The van der Waals surface area contributed by atoms with Crippen LogP contribution in [0.4, 0.5) is 11.5 Å². The third kappa shape index (κ3) is 5.63. The van der Waals surface area contributed by atoms with Crippen LogP contribution >= 0.6 is 0 Å². The van der Waals surface area contributed by atoms with Crippen LogP contribution in [0.3, 0.4) is 0 Å². The highest BCUT2D eigenvalue weighted by Gasteiger charge is 2.21. The molecule has 4 heterocycles. The number of carbonyl (C=O) groups is 1. The van der Waals surface area contributed by atoms with E-state index in [9.17, 15) is 4.79 Å². The number of rotatable bonds is 7. The quantitative estimate of drug-likeness (QED) is 0.502. The first kappa shape index (κ1) is 24.1. The van der Waals surface area contributed by atoms with Gasteiger partial charge >= 0.3 is 0 Å². The molecule has 0 aliphatic carbocycles. The van der Waals surface area contributed by atoms with Gasteiger partial charge in [-0.15, -0.1) is 0 Å². The molecule has 2 aromatic heterocycles. The smallest absolute Gasteiger partial charge is 0.189 e. The van der Waals surface area contributed by atoms with Crippen LogP contribution in [0.25, 0.3) is 11.3 Å². The predicted octanol–water partition coefficient (Wildman–Crippen LogP) is 2.86. The molecule has 0 unspecified atom stereocenters. The Morgan fingerprint density at radius 1 is 1.08 bits per heavy atom. The largest absolute Gasteiger partial charge is 0.490 e. The molecule has 2 aliphatic rings. The minimum absolute atomic E-state index is 0.128. The molecular weight excluding hydrogens is 456 g/mol. The van der Waals surface area contributed by atoms with E-state index >= 15 is 0 Å². The molecule has 188 valence electrons. The van der Waals surface area contributed by atoms with Crippen molar-refractivity contribution in [1.82, 2.24) is 19.9 Å². The third-order valence-corrected chi connectivity index (χ3v) is 6.76. The number of aromatic nitrogens is 3. The Kier molecular flexibility index (Phi) is 7.39. The minimum atomic E-state index is -0.188.